The third-order valence-electron chi connectivity index (χ3n) is 4.06. The summed E-state index contributed by atoms with van der Waals surface area (Å²) in [4.78, 5) is 4.22. The highest BCUT2D eigenvalue weighted by atomic mass is 32.2. The average molecular weight is 429 g/mol. The highest BCUT2D eigenvalue weighted by Gasteiger charge is 2.18. The first-order chi connectivity index (χ1) is 12.9. The van der Waals surface area contributed by atoms with Crippen LogP contribution >= 0.6 is 0 Å². The lowest BCUT2D eigenvalue weighted by molar-refractivity contribution is 0.0862. The number of nitrogens with zero attached hydrogens (tertiary/aromatic N) is 2. The van der Waals surface area contributed by atoms with Crippen molar-refractivity contribution < 1.29 is 21.7 Å². The molecule has 0 bridgehead atoms. The lowest BCUT2D eigenvalue weighted by Gasteiger charge is -2.17. The number of fused-ring (bicyclic) bond motifs is 1. The van der Waals surface area contributed by atoms with Crippen LogP contribution < -0.4 is 0 Å². The molecule has 9 heteroatoms. The quantitative estimate of drug-likeness (QED) is 0.337. The first kappa shape index (κ1) is 22.7. The second-order valence-corrected chi connectivity index (χ2v) is 15.6. The van der Waals surface area contributed by atoms with E-state index in [1.165, 1.54) is 6.20 Å². The Morgan fingerprint density at radius 3 is 2.57 bits per heavy atom. The maximum absolute atomic E-state index is 14.4. The second-order valence-electron chi connectivity index (χ2n) is 8.35. The molecule has 0 unspecified atom stereocenters. The molecule has 0 aliphatic heterocycles. The number of ether oxygens (including phenoxy) is 1. The Morgan fingerprint density at radius 2 is 2.00 bits per heavy atom. The molecule has 6 nitrogen and oxygen atoms in total. The predicted molar refractivity (Wildman–Crippen MR) is 113 cm³/mol. The molecule has 0 saturated carbocycles. The smallest absolute Gasteiger partial charge is 0.264 e. The zero-order chi connectivity index (χ0) is 21.1. The molecule has 0 radical (unpaired) electrons. The molecule has 0 N–H and O–H groups in total. The third kappa shape index (κ3) is 6.51. The van der Waals surface area contributed by atoms with Crippen LogP contribution in [0, 0.1) is 5.82 Å². The molecule has 0 saturated heterocycles. The van der Waals surface area contributed by atoms with Crippen molar-refractivity contribution in [2.45, 2.75) is 52.9 Å². The number of hydrogen-bond donors (Lipinski definition) is 0. The summed E-state index contributed by atoms with van der Waals surface area (Å²) in [5.74, 6) is -0.470. The number of pyridine rings is 1. The summed E-state index contributed by atoms with van der Waals surface area (Å²) < 4.78 is 49.8. The minimum atomic E-state index is -3.63. The zero-order valence-corrected chi connectivity index (χ0v) is 19.2. The van der Waals surface area contributed by atoms with Crippen LogP contribution in [0.5, 0.6) is 0 Å². The van der Waals surface area contributed by atoms with Gasteiger partial charge >= 0.3 is 0 Å². The van der Waals surface area contributed by atoms with Crippen LogP contribution in [0.1, 0.15) is 25.2 Å². The minimum absolute atomic E-state index is 0.172. The molecule has 2 heterocycles. The van der Waals surface area contributed by atoms with E-state index in [1.807, 2.05) is 19.9 Å². The van der Waals surface area contributed by atoms with Gasteiger partial charge in [-0.2, -0.15) is 8.42 Å². The molecule has 0 aliphatic carbocycles. The maximum Gasteiger partial charge on any atom is 0.264 e. The summed E-state index contributed by atoms with van der Waals surface area (Å²) in [7, 11) is -4.88. The number of rotatable bonds is 9. The Morgan fingerprint density at radius 1 is 1.32 bits per heavy atom. The van der Waals surface area contributed by atoms with E-state index < -0.39 is 24.0 Å². The van der Waals surface area contributed by atoms with E-state index >= 15 is 0 Å². The van der Waals surface area contributed by atoms with Gasteiger partial charge in [0.2, 0.25) is 0 Å². The molecule has 0 aromatic carbocycles. The van der Waals surface area contributed by atoms with Gasteiger partial charge in [-0.25, -0.2) is 4.39 Å². The fourth-order valence-electron chi connectivity index (χ4n) is 2.66. The van der Waals surface area contributed by atoms with E-state index in [1.54, 1.807) is 10.6 Å². The first-order valence-corrected chi connectivity index (χ1v) is 14.6. The van der Waals surface area contributed by atoms with Crippen molar-refractivity contribution >= 4 is 35.2 Å². The van der Waals surface area contributed by atoms with Crippen LogP contribution in [0.15, 0.2) is 17.8 Å². The van der Waals surface area contributed by atoms with Crippen LogP contribution in [0.4, 0.5) is 4.39 Å². The number of halogens is 1. The van der Waals surface area contributed by atoms with Crippen LogP contribution in [-0.4, -0.2) is 38.9 Å². The van der Waals surface area contributed by atoms with E-state index in [9.17, 15) is 12.8 Å². The van der Waals surface area contributed by atoms with Gasteiger partial charge in [-0.05, 0) is 32.0 Å². The molecule has 0 aliphatic rings. The lowest BCUT2D eigenvalue weighted by Crippen LogP contribution is -2.22. The normalized spacial score (nSPS) is 12.5. The van der Waals surface area contributed by atoms with Gasteiger partial charge in [0.05, 0.1) is 23.7 Å². The van der Waals surface area contributed by atoms with Gasteiger partial charge in [0.15, 0.2) is 5.82 Å². The van der Waals surface area contributed by atoms with Crippen LogP contribution in [0.25, 0.3) is 17.0 Å². The van der Waals surface area contributed by atoms with Gasteiger partial charge in [-0.15, -0.1) is 0 Å². The van der Waals surface area contributed by atoms with Gasteiger partial charge in [0, 0.05) is 25.8 Å². The Hall–Kier alpha value is -1.55. The summed E-state index contributed by atoms with van der Waals surface area (Å²) in [6, 6.07) is 2.59. The molecule has 2 aromatic heterocycles. The van der Waals surface area contributed by atoms with E-state index in [0.29, 0.717) is 28.9 Å². The van der Waals surface area contributed by atoms with Crippen molar-refractivity contribution in [2.75, 3.05) is 12.9 Å². The Kier molecular flexibility index (Phi) is 7.19. The third-order valence-corrected chi connectivity index (χ3v) is 6.31. The van der Waals surface area contributed by atoms with Crippen molar-refractivity contribution in [1.29, 1.82) is 0 Å². The standard InChI is InChI=1S/C19H29FN2O4SSi/c1-14(2)9-18-19-16(17(20)11-21-18)10-15(12-26-27(3,23)24)22(19)13-25-7-8-28(4,5)6/h9-11H,7-8,12-13H2,1-6H3. The van der Waals surface area contributed by atoms with Gasteiger partial charge in [0.25, 0.3) is 10.1 Å². The minimum Gasteiger partial charge on any atom is -0.361 e. The van der Waals surface area contributed by atoms with E-state index in [2.05, 4.69) is 24.6 Å². The summed E-state index contributed by atoms with van der Waals surface area (Å²) >= 11 is 0. The fraction of sp³-hybridized carbons (Fsp3) is 0.526. The molecule has 0 amide bonds. The molecule has 2 rings (SSSR count). The topological polar surface area (TPSA) is 70.4 Å². The number of allylic oxidation sites excluding steroid dienone is 1. The van der Waals surface area contributed by atoms with Crippen LogP contribution in [0.3, 0.4) is 0 Å². The number of hydrogen-bond acceptors (Lipinski definition) is 5. The average Bonchev–Trinajstić information content (AvgIpc) is 2.90. The van der Waals surface area contributed by atoms with E-state index in [0.717, 1.165) is 17.9 Å². The zero-order valence-electron chi connectivity index (χ0n) is 17.4. The molecule has 28 heavy (non-hydrogen) atoms. The second kappa shape index (κ2) is 8.85. The Balaban J connectivity index is 2.47. The van der Waals surface area contributed by atoms with E-state index in [4.69, 9.17) is 8.92 Å². The Bertz CT molecular complexity index is 974. The first-order valence-electron chi connectivity index (χ1n) is 9.11. The van der Waals surface area contributed by atoms with Gasteiger partial charge in [0.1, 0.15) is 13.3 Å². The maximum atomic E-state index is 14.4. The molecular formula is C19H29FN2O4SSi. The van der Waals surface area contributed by atoms with Crippen molar-refractivity contribution in [3.05, 3.63) is 35.0 Å². The van der Waals surface area contributed by atoms with Crippen LogP contribution in [0.2, 0.25) is 25.7 Å². The molecule has 2 aromatic rings. The monoisotopic (exact) mass is 428 g/mol. The highest BCUT2D eigenvalue weighted by Crippen LogP contribution is 2.27. The summed E-state index contributed by atoms with van der Waals surface area (Å²) in [6.07, 6.45) is 4.03. The van der Waals surface area contributed by atoms with Crippen molar-refractivity contribution in [1.82, 2.24) is 9.55 Å². The lowest BCUT2D eigenvalue weighted by atomic mass is 10.2. The molecule has 0 atom stereocenters. The highest BCUT2D eigenvalue weighted by molar-refractivity contribution is 7.85. The molecule has 0 spiro atoms. The van der Waals surface area contributed by atoms with Crippen LogP contribution in [-0.2, 0) is 32.4 Å². The van der Waals surface area contributed by atoms with Crippen molar-refractivity contribution in [3.63, 3.8) is 0 Å². The number of aromatic nitrogens is 2. The summed E-state index contributed by atoms with van der Waals surface area (Å²) in [5.41, 5.74) is 2.71. The molecular weight excluding hydrogens is 399 g/mol. The molecule has 156 valence electrons. The predicted octanol–water partition coefficient (Wildman–Crippen LogP) is 4.39. The van der Waals surface area contributed by atoms with Crippen molar-refractivity contribution in [3.8, 4) is 0 Å². The summed E-state index contributed by atoms with van der Waals surface area (Å²) in [5, 5.41) is 0.364. The van der Waals surface area contributed by atoms with Gasteiger partial charge in [-0.3, -0.25) is 9.17 Å². The van der Waals surface area contributed by atoms with Gasteiger partial charge < -0.3 is 9.30 Å². The van der Waals surface area contributed by atoms with Gasteiger partial charge in [-0.1, -0.05) is 25.2 Å². The fourth-order valence-corrected chi connectivity index (χ4v) is 3.76. The summed E-state index contributed by atoms with van der Waals surface area (Å²) in [6.45, 7) is 11.2. The largest absolute Gasteiger partial charge is 0.361 e. The van der Waals surface area contributed by atoms with E-state index in [-0.39, 0.29) is 13.3 Å². The van der Waals surface area contributed by atoms with Crippen molar-refractivity contribution in [2.24, 2.45) is 0 Å². The SMILES string of the molecule is CC(C)=Cc1ncc(F)c2cc(COS(C)(=O)=O)n(COCC[Si](C)(C)C)c12. The Labute approximate surface area is 167 Å². The molecule has 0 fully saturated rings.